The number of hydrogen-bond acceptors (Lipinski definition) is 5. The minimum absolute atomic E-state index is 0.251. The van der Waals surface area contributed by atoms with Gasteiger partial charge in [0, 0.05) is 6.54 Å². The van der Waals surface area contributed by atoms with Crippen molar-refractivity contribution in [2.45, 2.75) is 25.8 Å². The number of esters is 1. The van der Waals surface area contributed by atoms with E-state index in [2.05, 4.69) is 0 Å². The minimum Gasteiger partial charge on any atom is -0.491 e. The highest BCUT2D eigenvalue weighted by atomic mass is 16.5. The standard InChI is InChI=1S/C15H20N2O4/c1-3-21-13-10(6-4-7-11(13)16)14(18)17-9-5-8-12(17)15(19)20-2/h4,6-7,12H,3,5,8-9,16H2,1-2H3. The number of hydrogen-bond donors (Lipinski definition) is 1. The van der Waals surface area contributed by atoms with Gasteiger partial charge in [-0.1, -0.05) is 6.07 Å². The maximum atomic E-state index is 12.7. The third kappa shape index (κ3) is 2.94. The maximum absolute atomic E-state index is 12.7. The highest BCUT2D eigenvalue weighted by Gasteiger charge is 2.36. The Morgan fingerprint density at radius 3 is 2.86 bits per heavy atom. The first kappa shape index (κ1) is 15.2. The van der Waals surface area contributed by atoms with Crippen molar-refractivity contribution < 1.29 is 19.1 Å². The second-order valence-corrected chi connectivity index (χ2v) is 4.84. The normalized spacial score (nSPS) is 17.6. The van der Waals surface area contributed by atoms with E-state index in [9.17, 15) is 9.59 Å². The Kier molecular flexibility index (Phi) is 4.67. The molecule has 0 aromatic heterocycles. The van der Waals surface area contributed by atoms with Crippen molar-refractivity contribution in [1.29, 1.82) is 0 Å². The van der Waals surface area contributed by atoms with Crippen LogP contribution in [0.3, 0.4) is 0 Å². The van der Waals surface area contributed by atoms with Crippen molar-refractivity contribution in [3.8, 4) is 5.75 Å². The lowest BCUT2D eigenvalue weighted by Crippen LogP contribution is -2.41. The number of methoxy groups -OCH3 is 1. The van der Waals surface area contributed by atoms with Crippen LogP contribution in [-0.2, 0) is 9.53 Å². The third-order valence-corrected chi connectivity index (χ3v) is 3.55. The summed E-state index contributed by atoms with van der Waals surface area (Å²) in [5, 5.41) is 0. The number of para-hydroxylation sites is 1. The molecule has 1 aliphatic heterocycles. The Bertz CT molecular complexity index is 544. The van der Waals surface area contributed by atoms with Gasteiger partial charge in [0.25, 0.3) is 5.91 Å². The fraction of sp³-hybridized carbons (Fsp3) is 0.467. The lowest BCUT2D eigenvalue weighted by atomic mass is 10.1. The van der Waals surface area contributed by atoms with Gasteiger partial charge >= 0.3 is 5.97 Å². The summed E-state index contributed by atoms with van der Waals surface area (Å²) in [6.07, 6.45) is 1.39. The smallest absolute Gasteiger partial charge is 0.328 e. The summed E-state index contributed by atoms with van der Waals surface area (Å²) in [6, 6.07) is 4.52. The van der Waals surface area contributed by atoms with E-state index >= 15 is 0 Å². The molecular weight excluding hydrogens is 272 g/mol. The molecule has 114 valence electrons. The van der Waals surface area contributed by atoms with Gasteiger partial charge in [0.05, 0.1) is 25.0 Å². The summed E-state index contributed by atoms with van der Waals surface area (Å²) in [7, 11) is 1.33. The molecule has 1 heterocycles. The van der Waals surface area contributed by atoms with Crippen molar-refractivity contribution in [3.63, 3.8) is 0 Å². The summed E-state index contributed by atoms with van der Waals surface area (Å²) in [4.78, 5) is 26.0. The molecule has 1 amide bonds. The summed E-state index contributed by atoms with van der Waals surface area (Å²) in [5.41, 5.74) is 6.67. The zero-order chi connectivity index (χ0) is 15.4. The van der Waals surface area contributed by atoms with E-state index in [0.29, 0.717) is 36.6 Å². The number of rotatable bonds is 4. The average molecular weight is 292 g/mol. The molecule has 2 rings (SSSR count). The van der Waals surface area contributed by atoms with E-state index in [4.69, 9.17) is 15.2 Å². The van der Waals surface area contributed by atoms with Gasteiger partial charge in [0.2, 0.25) is 0 Å². The van der Waals surface area contributed by atoms with Crippen molar-refractivity contribution in [2.24, 2.45) is 0 Å². The third-order valence-electron chi connectivity index (χ3n) is 3.55. The number of ether oxygens (including phenoxy) is 2. The van der Waals surface area contributed by atoms with Gasteiger partial charge in [-0.25, -0.2) is 4.79 Å². The van der Waals surface area contributed by atoms with E-state index in [1.807, 2.05) is 6.92 Å². The number of likely N-dealkylation sites (tertiary alicyclic amines) is 1. The number of carbonyl (C=O) groups is 2. The quantitative estimate of drug-likeness (QED) is 0.671. The summed E-state index contributed by atoms with van der Waals surface area (Å²) >= 11 is 0. The maximum Gasteiger partial charge on any atom is 0.328 e. The zero-order valence-electron chi connectivity index (χ0n) is 12.3. The fourth-order valence-electron chi connectivity index (χ4n) is 2.57. The van der Waals surface area contributed by atoms with Crippen LogP contribution in [0, 0.1) is 0 Å². The first-order chi connectivity index (χ1) is 10.1. The average Bonchev–Trinajstić information content (AvgIpc) is 2.97. The molecule has 21 heavy (non-hydrogen) atoms. The van der Waals surface area contributed by atoms with Crippen LogP contribution >= 0.6 is 0 Å². The number of carbonyl (C=O) groups excluding carboxylic acids is 2. The number of anilines is 1. The van der Waals surface area contributed by atoms with E-state index in [-0.39, 0.29) is 11.9 Å². The molecule has 0 saturated carbocycles. The molecule has 1 fully saturated rings. The molecule has 1 aromatic rings. The molecule has 1 saturated heterocycles. The van der Waals surface area contributed by atoms with Gasteiger partial charge in [-0.3, -0.25) is 4.79 Å². The summed E-state index contributed by atoms with van der Waals surface area (Å²) in [5.74, 6) is -0.262. The highest BCUT2D eigenvalue weighted by Crippen LogP contribution is 2.30. The van der Waals surface area contributed by atoms with Gasteiger partial charge in [-0.05, 0) is 31.9 Å². The molecule has 0 radical (unpaired) electrons. The van der Waals surface area contributed by atoms with Gasteiger partial charge in [0.15, 0.2) is 5.75 Å². The molecule has 0 aliphatic carbocycles. The molecule has 2 N–H and O–H groups in total. The van der Waals surface area contributed by atoms with Crippen LogP contribution < -0.4 is 10.5 Å². The monoisotopic (exact) mass is 292 g/mol. The van der Waals surface area contributed by atoms with E-state index < -0.39 is 6.04 Å². The summed E-state index contributed by atoms with van der Waals surface area (Å²) in [6.45, 7) is 2.77. The molecule has 1 aromatic carbocycles. The van der Waals surface area contributed by atoms with E-state index in [0.717, 1.165) is 6.42 Å². The zero-order valence-corrected chi connectivity index (χ0v) is 12.3. The van der Waals surface area contributed by atoms with Gasteiger partial charge in [-0.15, -0.1) is 0 Å². The molecule has 1 atom stereocenters. The van der Waals surface area contributed by atoms with Crippen LogP contribution in [0.15, 0.2) is 18.2 Å². The molecule has 1 aliphatic rings. The van der Waals surface area contributed by atoms with Crippen molar-refractivity contribution in [3.05, 3.63) is 23.8 Å². The van der Waals surface area contributed by atoms with Crippen LogP contribution in [-0.4, -0.2) is 43.1 Å². The Labute approximate surface area is 123 Å². The molecule has 6 heteroatoms. The Morgan fingerprint density at radius 1 is 1.43 bits per heavy atom. The molecular formula is C15H20N2O4. The second kappa shape index (κ2) is 6.47. The van der Waals surface area contributed by atoms with E-state index in [1.54, 1.807) is 18.2 Å². The molecule has 0 bridgehead atoms. The predicted octanol–water partition coefficient (Wildman–Crippen LogP) is 1.45. The van der Waals surface area contributed by atoms with Gasteiger partial charge in [-0.2, -0.15) is 0 Å². The highest BCUT2D eigenvalue weighted by molar-refractivity contribution is 6.00. The largest absolute Gasteiger partial charge is 0.491 e. The number of amides is 1. The predicted molar refractivity (Wildman–Crippen MR) is 78.1 cm³/mol. The van der Waals surface area contributed by atoms with Crippen LogP contribution in [0.5, 0.6) is 5.75 Å². The lowest BCUT2D eigenvalue weighted by molar-refractivity contribution is -0.145. The fourth-order valence-corrected chi connectivity index (χ4v) is 2.57. The molecule has 6 nitrogen and oxygen atoms in total. The Hall–Kier alpha value is -2.24. The first-order valence-corrected chi connectivity index (χ1v) is 7.00. The van der Waals surface area contributed by atoms with Crippen LogP contribution in [0.4, 0.5) is 5.69 Å². The second-order valence-electron chi connectivity index (χ2n) is 4.84. The Morgan fingerprint density at radius 2 is 2.19 bits per heavy atom. The van der Waals surface area contributed by atoms with Crippen LogP contribution in [0.1, 0.15) is 30.1 Å². The summed E-state index contributed by atoms with van der Waals surface area (Å²) < 4.78 is 10.2. The van der Waals surface area contributed by atoms with Gasteiger partial charge < -0.3 is 20.1 Å². The van der Waals surface area contributed by atoms with Crippen LogP contribution in [0.25, 0.3) is 0 Å². The lowest BCUT2D eigenvalue weighted by Gasteiger charge is -2.24. The van der Waals surface area contributed by atoms with Crippen molar-refractivity contribution in [1.82, 2.24) is 4.90 Å². The molecule has 1 unspecified atom stereocenters. The van der Waals surface area contributed by atoms with Crippen molar-refractivity contribution >= 4 is 17.6 Å². The number of nitrogens with two attached hydrogens (primary N) is 1. The first-order valence-electron chi connectivity index (χ1n) is 7.00. The van der Waals surface area contributed by atoms with Crippen molar-refractivity contribution in [2.75, 3.05) is 26.0 Å². The SMILES string of the molecule is CCOc1c(N)cccc1C(=O)N1CCCC1C(=O)OC. The minimum atomic E-state index is -0.529. The topological polar surface area (TPSA) is 81.9 Å². The molecule has 0 spiro atoms. The van der Waals surface area contributed by atoms with Crippen LogP contribution in [0.2, 0.25) is 0 Å². The van der Waals surface area contributed by atoms with Gasteiger partial charge in [0.1, 0.15) is 6.04 Å². The Balaban J connectivity index is 2.31. The van der Waals surface area contributed by atoms with E-state index in [1.165, 1.54) is 12.0 Å². The number of nitrogen functional groups attached to an aromatic ring is 1. The number of benzene rings is 1. The number of nitrogens with zero attached hydrogens (tertiary/aromatic N) is 1.